The number of carbonyl (C=O) groups excluding carboxylic acids is 1. The molecule has 1 aliphatic heterocycles. The SMILES string of the molecule is CC(C)(C)c1cccc2c1S(=O)(=O)c1ccccc1C2=O. The van der Waals surface area contributed by atoms with Crippen molar-refractivity contribution in [3.63, 3.8) is 0 Å². The van der Waals surface area contributed by atoms with Crippen LogP contribution >= 0.6 is 0 Å². The van der Waals surface area contributed by atoms with Gasteiger partial charge in [-0.3, -0.25) is 4.79 Å². The molecule has 0 radical (unpaired) electrons. The van der Waals surface area contributed by atoms with Gasteiger partial charge in [-0.05, 0) is 29.2 Å². The van der Waals surface area contributed by atoms with Gasteiger partial charge in [-0.25, -0.2) is 8.42 Å². The zero-order chi connectivity index (χ0) is 15.4. The van der Waals surface area contributed by atoms with Gasteiger partial charge < -0.3 is 0 Å². The first-order valence-corrected chi connectivity index (χ1v) is 8.25. The molecule has 0 spiro atoms. The number of ketones is 1. The van der Waals surface area contributed by atoms with Crippen molar-refractivity contribution in [1.29, 1.82) is 0 Å². The molecule has 1 aliphatic rings. The lowest BCUT2D eigenvalue weighted by molar-refractivity contribution is 0.103. The van der Waals surface area contributed by atoms with Crippen LogP contribution in [0.2, 0.25) is 0 Å². The fourth-order valence-electron chi connectivity index (χ4n) is 2.74. The summed E-state index contributed by atoms with van der Waals surface area (Å²) in [6.07, 6.45) is 0. The number of fused-ring (bicyclic) bond motifs is 2. The van der Waals surface area contributed by atoms with Crippen LogP contribution in [0.3, 0.4) is 0 Å². The standard InChI is InChI=1S/C17H16O3S/c1-17(2,3)13-9-6-8-12-15(18)11-7-4-5-10-14(11)21(19,20)16(12)13/h4-10H,1-3H3. The van der Waals surface area contributed by atoms with Crippen LogP contribution in [0.1, 0.15) is 42.3 Å². The first kappa shape index (κ1) is 14.0. The summed E-state index contributed by atoms with van der Waals surface area (Å²) in [4.78, 5) is 12.9. The Labute approximate surface area is 124 Å². The molecule has 0 aromatic heterocycles. The Bertz CT molecular complexity index is 856. The first-order valence-electron chi connectivity index (χ1n) is 6.77. The zero-order valence-corrected chi connectivity index (χ0v) is 13.0. The summed E-state index contributed by atoms with van der Waals surface area (Å²) in [6.45, 7) is 5.84. The van der Waals surface area contributed by atoms with Gasteiger partial charge in [0, 0.05) is 11.1 Å². The van der Waals surface area contributed by atoms with Crippen molar-refractivity contribution in [1.82, 2.24) is 0 Å². The van der Waals surface area contributed by atoms with Crippen molar-refractivity contribution >= 4 is 15.6 Å². The van der Waals surface area contributed by atoms with E-state index in [1.807, 2.05) is 20.8 Å². The second-order valence-electron chi connectivity index (χ2n) is 6.26. The second kappa shape index (κ2) is 4.28. The molecule has 0 amide bonds. The maximum Gasteiger partial charge on any atom is 0.208 e. The summed E-state index contributed by atoms with van der Waals surface area (Å²) in [7, 11) is -3.67. The van der Waals surface area contributed by atoms with Crippen molar-refractivity contribution in [2.24, 2.45) is 0 Å². The minimum Gasteiger partial charge on any atom is -0.289 e. The number of hydrogen-bond acceptors (Lipinski definition) is 3. The molecule has 1 heterocycles. The summed E-state index contributed by atoms with van der Waals surface area (Å²) in [5.74, 6) is -0.221. The van der Waals surface area contributed by atoms with E-state index in [0.29, 0.717) is 5.56 Å². The third kappa shape index (κ3) is 1.94. The van der Waals surface area contributed by atoms with E-state index in [1.54, 1.807) is 36.4 Å². The smallest absolute Gasteiger partial charge is 0.208 e. The predicted molar refractivity (Wildman–Crippen MR) is 80.5 cm³/mol. The fourth-order valence-corrected chi connectivity index (χ4v) is 4.78. The van der Waals surface area contributed by atoms with Gasteiger partial charge in [0.2, 0.25) is 9.84 Å². The Balaban J connectivity index is 2.46. The highest BCUT2D eigenvalue weighted by atomic mass is 32.2. The van der Waals surface area contributed by atoms with Crippen LogP contribution in [-0.4, -0.2) is 14.2 Å². The highest BCUT2D eigenvalue weighted by Crippen LogP contribution is 2.40. The Morgan fingerprint density at radius 1 is 0.857 bits per heavy atom. The molecule has 2 aromatic rings. The van der Waals surface area contributed by atoms with Crippen molar-refractivity contribution in [2.45, 2.75) is 36.0 Å². The van der Waals surface area contributed by atoms with Gasteiger partial charge in [0.15, 0.2) is 5.78 Å². The van der Waals surface area contributed by atoms with Gasteiger partial charge in [-0.15, -0.1) is 0 Å². The highest BCUT2D eigenvalue weighted by molar-refractivity contribution is 7.91. The minimum atomic E-state index is -3.67. The van der Waals surface area contributed by atoms with Gasteiger partial charge in [0.1, 0.15) is 0 Å². The molecule has 0 aliphatic carbocycles. The van der Waals surface area contributed by atoms with E-state index >= 15 is 0 Å². The molecular formula is C17H16O3S. The monoisotopic (exact) mass is 300 g/mol. The van der Waals surface area contributed by atoms with Crippen LogP contribution in [0, 0.1) is 0 Å². The highest BCUT2D eigenvalue weighted by Gasteiger charge is 2.38. The second-order valence-corrected chi connectivity index (χ2v) is 8.12. The molecule has 3 rings (SSSR count). The van der Waals surface area contributed by atoms with Gasteiger partial charge in [-0.1, -0.05) is 45.0 Å². The van der Waals surface area contributed by atoms with Crippen molar-refractivity contribution in [2.75, 3.05) is 0 Å². The lowest BCUT2D eigenvalue weighted by Crippen LogP contribution is -2.25. The van der Waals surface area contributed by atoms with E-state index in [2.05, 4.69) is 0 Å². The van der Waals surface area contributed by atoms with Crippen LogP contribution in [0.4, 0.5) is 0 Å². The average Bonchev–Trinajstić information content (AvgIpc) is 2.43. The Hall–Kier alpha value is -1.94. The van der Waals surface area contributed by atoms with Gasteiger partial charge in [0.05, 0.1) is 9.79 Å². The lowest BCUT2D eigenvalue weighted by Gasteiger charge is -2.27. The molecule has 0 unspecified atom stereocenters. The molecule has 21 heavy (non-hydrogen) atoms. The van der Waals surface area contributed by atoms with Crippen LogP contribution in [0.15, 0.2) is 52.3 Å². The number of hydrogen-bond donors (Lipinski definition) is 0. The molecule has 108 valence electrons. The van der Waals surface area contributed by atoms with Crippen LogP contribution in [0.5, 0.6) is 0 Å². The number of sulfone groups is 1. The maximum atomic E-state index is 13.0. The zero-order valence-electron chi connectivity index (χ0n) is 12.2. The molecule has 0 fully saturated rings. The Morgan fingerprint density at radius 3 is 2.14 bits per heavy atom. The number of benzene rings is 2. The summed E-state index contributed by atoms with van der Waals surface area (Å²) in [5.41, 5.74) is 0.866. The normalized spacial score (nSPS) is 16.2. The summed E-state index contributed by atoms with van der Waals surface area (Å²) >= 11 is 0. The first-order chi connectivity index (χ1) is 9.74. The van der Waals surface area contributed by atoms with E-state index in [4.69, 9.17) is 0 Å². The minimum absolute atomic E-state index is 0.110. The summed E-state index contributed by atoms with van der Waals surface area (Å²) in [6, 6.07) is 11.5. The maximum absolute atomic E-state index is 13.0. The van der Waals surface area contributed by atoms with Crippen LogP contribution in [-0.2, 0) is 15.3 Å². The summed E-state index contributed by atoms with van der Waals surface area (Å²) in [5, 5.41) is 0. The largest absolute Gasteiger partial charge is 0.289 e. The van der Waals surface area contributed by atoms with E-state index in [9.17, 15) is 13.2 Å². The van der Waals surface area contributed by atoms with Crippen LogP contribution in [0.25, 0.3) is 0 Å². The van der Waals surface area contributed by atoms with Crippen molar-refractivity contribution in [3.05, 3.63) is 59.2 Å². The van der Waals surface area contributed by atoms with Gasteiger partial charge in [-0.2, -0.15) is 0 Å². The Morgan fingerprint density at radius 2 is 1.48 bits per heavy atom. The molecular weight excluding hydrogens is 284 g/mol. The van der Waals surface area contributed by atoms with E-state index in [0.717, 1.165) is 0 Å². The quantitative estimate of drug-likeness (QED) is 0.639. The molecule has 0 atom stereocenters. The molecule has 2 aromatic carbocycles. The van der Waals surface area contributed by atoms with Gasteiger partial charge >= 0.3 is 0 Å². The molecule has 0 bridgehead atoms. The van der Waals surface area contributed by atoms with Crippen molar-refractivity contribution in [3.8, 4) is 0 Å². The topological polar surface area (TPSA) is 51.2 Å². The molecule has 4 heteroatoms. The number of rotatable bonds is 0. The molecule has 3 nitrogen and oxygen atoms in total. The predicted octanol–water partition coefficient (Wildman–Crippen LogP) is 3.36. The third-order valence-corrected chi connectivity index (χ3v) is 5.67. The van der Waals surface area contributed by atoms with E-state index < -0.39 is 9.84 Å². The summed E-state index contributed by atoms with van der Waals surface area (Å²) < 4.78 is 25.9. The molecule has 0 N–H and O–H groups in total. The Kier molecular flexibility index (Phi) is 2.85. The van der Waals surface area contributed by atoms with Gasteiger partial charge in [0.25, 0.3) is 0 Å². The molecule has 0 saturated carbocycles. The van der Waals surface area contributed by atoms with E-state index in [-0.39, 0.29) is 32.1 Å². The average molecular weight is 300 g/mol. The van der Waals surface area contributed by atoms with E-state index in [1.165, 1.54) is 6.07 Å². The molecule has 0 saturated heterocycles. The third-order valence-electron chi connectivity index (χ3n) is 3.76. The van der Waals surface area contributed by atoms with Crippen LogP contribution < -0.4 is 0 Å². The lowest BCUT2D eigenvalue weighted by atomic mass is 9.85. The van der Waals surface area contributed by atoms with Crippen molar-refractivity contribution < 1.29 is 13.2 Å². The fraction of sp³-hybridized carbons (Fsp3) is 0.235. The number of carbonyl (C=O) groups is 1.